The van der Waals surface area contributed by atoms with Crippen molar-refractivity contribution in [3.8, 4) is 0 Å². The van der Waals surface area contributed by atoms with Crippen molar-refractivity contribution in [2.75, 3.05) is 33.2 Å². The third-order valence-corrected chi connectivity index (χ3v) is 4.11. The van der Waals surface area contributed by atoms with E-state index in [1.807, 2.05) is 4.90 Å². The number of amides is 4. The van der Waals surface area contributed by atoms with Gasteiger partial charge in [0.25, 0.3) is 5.91 Å². The second-order valence-electron chi connectivity index (χ2n) is 5.43. The summed E-state index contributed by atoms with van der Waals surface area (Å²) in [6, 6.07) is 2.95. The maximum Gasteiger partial charge on any atom is 0.325 e. The minimum atomic E-state index is -0.379. The molecule has 1 aromatic heterocycles. The number of piperazine rings is 1. The van der Waals surface area contributed by atoms with Crippen molar-refractivity contribution in [3.05, 3.63) is 24.2 Å². The van der Waals surface area contributed by atoms with Crippen LogP contribution in [-0.4, -0.2) is 71.9 Å². The second-order valence-corrected chi connectivity index (χ2v) is 5.43. The fraction of sp³-hybridized carbons (Fsp3) is 0.500. The highest BCUT2D eigenvalue weighted by atomic mass is 16.3. The summed E-state index contributed by atoms with van der Waals surface area (Å²) in [5.41, 5.74) is 0. The Bertz CT molecular complexity index is 560. The molecule has 2 aliphatic rings. The second kappa shape index (κ2) is 5.80. The fourth-order valence-electron chi connectivity index (χ4n) is 2.72. The lowest BCUT2D eigenvalue weighted by atomic mass is 10.2. The van der Waals surface area contributed by atoms with Gasteiger partial charge in [0.15, 0.2) is 5.76 Å². The fourth-order valence-corrected chi connectivity index (χ4v) is 2.72. The number of carbonyl (C=O) groups is 3. The Morgan fingerprint density at radius 1 is 1.27 bits per heavy atom. The molecule has 0 saturated carbocycles. The molecular weight excluding hydrogens is 288 g/mol. The molecule has 118 valence electrons. The molecule has 3 heterocycles. The van der Waals surface area contributed by atoms with E-state index in [9.17, 15) is 14.4 Å². The van der Waals surface area contributed by atoms with Gasteiger partial charge in [-0.05, 0) is 12.1 Å². The van der Waals surface area contributed by atoms with Gasteiger partial charge in [-0.1, -0.05) is 0 Å². The third kappa shape index (κ3) is 2.69. The molecule has 0 bridgehead atoms. The highest BCUT2D eigenvalue weighted by Crippen LogP contribution is 2.14. The zero-order valence-corrected chi connectivity index (χ0v) is 12.3. The van der Waals surface area contributed by atoms with Crippen LogP contribution in [0.1, 0.15) is 17.0 Å². The summed E-state index contributed by atoms with van der Waals surface area (Å²) in [5, 5.41) is 2.81. The lowest BCUT2D eigenvalue weighted by molar-refractivity contribution is -0.130. The van der Waals surface area contributed by atoms with Crippen LogP contribution < -0.4 is 5.32 Å². The Labute approximate surface area is 127 Å². The van der Waals surface area contributed by atoms with E-state index in [2.05, 4.69) is 5.32 Å². The first-order valence-corrected chi connectivity index (χ1v) is 7.20. The molecule has 0 spiro atoms. The summed E-state index contributed by atoms with van der Waals surface area (Å²) >= 11 is 0. The van der Waals surface area contributed by atoms with E-state index in [1.54, 1.807) is 17.0 Å². The summed E-state index contributed by atoms with van der Waals surface area (Å²) < 4.78 is 5.12. The molecule has 1 unspecified atom stereocenters. The van der Waals surface area contributed by atoms with Crippen LogP contribution in [0.15, 0.2) is 22.8 Å². The molecule has 22 heavy (non-hydrogen) atoms. The smallest absolute Gasteiger partial charge is 0.325 e. The van der Waals surface area contributed by atoms with Crippen LogP contribution in [0.25, 0.3) is 0 Å². The summed E-state index contributed by atoms with van der Waals surface area (Å²) in [5.74, 6) is 0.00667. The van der Waals surface area contributed by atoms with Gasteiger partial charge in [0.1, 0.15) is 0 Å². The number of carbonyl (C=O) groups excluding carboxylic acids is 3. The van der Waals surface area contributed by atoms with E-state index in [0.717, 1.165) is 4.90 Å². The van der Waals surface area contributed by atoms with Crippen molar-refractivity contribution in [1.82, 2.24) is 20.0 Å². The number of hydrogen-bond acceptors (Lipinski definition) is 5. The summed E-state index contributed by atoms with van der Waals surface area (Å²) in [6.07, 6.45) is 1.44. The number of hydrogen-bond donors (Lipinski definition) is 1. The molecule has 2 aliphatic heterocycles. The predicted octanol–water partition coefficient (Wildman–Crippen LogP) is -0.0648. The Kier molecular flexibility index (Phi) is 3.84. The predicted molar refractivity (Wildman–Crippen MR) is 75.9 cm³/mol. The van der Waals surface area contributed by atoms with Crippen LogP contribution in [-0.2, 0) is 4.79 Å². The van der Waals surface area contributed by atoms with Gasteiger partial charge < -0.3 is 14.6 Å². The molecule has 8 heteroatoms. The van der Waals surface area contributed by atoms with E-state index < -0.39 is 0 Å². The van der Waals surface area contributed by atoms with Crippen LogP contribution in [0.2, 0.25) is 0 Å². The van der Waals surface area contributed by atoms with E-state index in [1.165, 1.54) is 13.3 Å². The molecule has 4 amide bonds. The lowest BCUT2D eigenvalue weighted by Gasteiger charge is -2.41. The van der Waals surface area contributed by atoms with Crippen LogP contribution in [0, 0.1) is 0 Å². The highest BCUT2D eigenvalue weighted by molar-refractivity contribution is 5.96. The topological polar surface area (TPSA) is 86.1 Å². The lowest BCUT2D eigenvalue weighted by Crippen LogP contribution is -2.62. The van der Waals surface area contributed by atoms with E-state index in [-0.39, 0.29) is 30.4 Å². The van der Waals surface area contributed by atoms with Crippen LogP contribution in [0.4, 0.5) is 4.79 Å². The van der Waals surface area contributed by atoms with Crippen LogP contribution in [0.3, 0.4) is 0 Å². The van der Waals surface area contributed by atoms with Crippen molar-refractivity contribution in [2.24, 2.45) is 0 Å². The van der Waals surface area contributed by atoms with Crippen molar-refractivity contribution in [2.45, 2.75) is 12.6 Å². The molecule has 0 radical (unpaired) electrons. The average Bonchev–Trinajstić information content (AvgIpc) is 3.06. The maximum absolute atomic E-state index is 12.2. The number of imide groups is 1. The van der Waals surface area contributed by atoms with Gasteiger partial charge in [0.05, 0.1) is 18.8 Å². The molecule has 1 aromatic rings. The molecule has 1 atom stereocenters. The maximum atomic E-state index is 12.2. The summed E-state index contributed by atoms with van der Waals surface area (Å²) in [4.78, 5) is 40.4. The van der Waals surface area contributed by atoms with Gasteiger partial charge in [-0.25, -0.2) is 4.79 Å². The van der Waals surface area contributed by atoms with Gasteiger partial charge in [0, 0.05) is 33.2 Å². The van der Waals surface area contributed by atoms with Gasteiger partial charge in [0.2, 0.25) is 5.91 Å². The Hall–Kier alpha value is -2.35. The number of urea groups is 1. The molecule has 3 rings (SSSR count). The molecular formula is C14H18N4O4. The monoisotopic (exact) mass is 306 g/mol. The Morgan fingerprint density at radius 2 is 2.00 bits per heavy atom. The van der Waals surface area contributed by atoms with Gasteiger partial charge in [-0.2, -0.15) is 0 Å². The first-order chi connectivity index (χ1) is 10.6. The largest absolute Gasteiger partial charge is 0.459 e. The third-order valence-electron chi connectivity index (χ3n) is 4.11. The van der Waals surface area contributed by atoms with Crippen LogP contribution >= 0.6 is 0 Å². The minimum absolute atomic E-state index is 0.131. The molecule has 1 N–H and O–H groups in total. The quantitative estimate of drug-likeness (QED) is 0.827. The zero-order chi connectivity index (χ0) is 15.7. The van der Waals surface area contributed by atoms with Crippen molar-refractivity contribution < 1.29 is 18.8 Å². The minimum Gasteiger partial charge on any atom is -0.459 e. The first kappa shape index (κ1) is 14.6. The number of rotatable bonds is 2. The molecule has 2 saturated heterocycles. The number of furan rings is 1. The van der Waals surface area contributed by atoms with Crippen molar-refractivity contribution in [3.63, 3.8) is 0 Å². The van der Waals surface area contributed by atoms with Crippen molar-refractivity contribution >= 4 is 17.8 Å². The normalized spacial score (nSPS) is 23.6. The Morgan fingerprint density at radius 3 is 2.59 bits per heavy atom. The summed E-state index contributed by atoms with van der Waals surface area (Å²) in [6.45, 7) is 2.29. The van der Waals surface area contributed by atoms with E-state index in [4.69, 9.17) is 4.42 Å². The number of nitrogens with zero attached hydrogens (tertiary/aromatic N) is 3. The molecule has 2 fully saturated rings. The zero-order valence-electron chi connectivity index (χ0n) is 12.3. The van der Waals surface area contributed by atoms with E-state index in [0.29, 0.717) is 31.9 Å². The van der Waals surface area contributed by atoms with Crippen molar-refractivity contribution in [1.29, 1.82) is 0 Å². The van der Waals surface area contributed by atoms with E-state index >= 15 is 0 Å². The highest BCUT2D eigenvalue weighted by Gasteiger charge is 2.35. The molecule has 0 aromatic carbocycles. The molecule has 0 aliphatic carbocycles. The van der Waals surface area contributed by atoms with Crippen LogP contribution in [0.5, 0.6) is 0 Å². The Balaban J connectivity index is 1.57. The first-order valence-electron chi connectivity index (χ1n) is 7.20. The standard InChI is InChI=1S/C14H18N4O4/c1-16-12(19)9-11(15-14(16)21)17-4-6-18(7-5-17)13(20)10-3-2-8-22-10/h2-3,8,11H,4-7,9H2,1H3,(H,15,21). The van der Waals surface area contributed by atoms with Gasteiger partial charge in [-0.3, -0.25) is 19.4 Å². The molecule has 8 nitrogen and oxygen atoms in total. The SMILES string of the molecule is CN1C(=O)CC(N2CCN(C(=O)c3ccco3)CC2)NC1=O. The van der Waals surface area contributed by atoms with Gasteiger partial charge >= 0.3 is 6.03 Å². The van der Waals surface area contributed by atoms with Gasteiger partial charge in [-0.15, -0.1) is 0 Å². The average molecular weight is 306 g/mol. The number of nitrogens with one attached hydrogen (secondary N) is 1. The summed E-state index contributed by atoms with van der Waals surface area (Å²) in [7, 11) is 1.47.